The van der Waals surface area contributed by atoms with Gasteiger partial charge in [-0.3, -0.25) is 4.99 Å². The van der Waals surface area contributed by atoms with E-state index in [1.54, 1.807) is 7.05 Å². The van der Waals surface area contributed by atoms with Crippen molar-refractivity contribution < 1.29 is 13.2 Å². The summed E-state index contributed by atoms with van der Waals surface area (Å²) in [6.07, 6.45) is 0.530. The molecule has 7 heteroatoms. The molecule has 0 aliphatic heterocycles. The third kappa shape index (κ3) is 8.00. The number of sulfone groups is 1. The number of guanidine groups is 1. The zero-order valence-electron chi connectivity index (χ0n) is 16.5. The van der Waals surface area contributed by atoms with Crippen LogP contribution in [0.25, 0.3) is 0 Å². The highest BCUT2D eigenvalue weighted by Crippen LogP contribution is 2.08. The van der Waals surface area contributed by atoms with E-state index in [9.17, 15) is 8.42 Å². The van der Waals surface area contributed by atoms with E-state index in [1.807, 2.05) is 72.6 Å². The van der Waals surface area contributed by atoms with Crippen LogP contribution in [-0.4, -0.2) is 58.8 Å². The molecule has 0 aliphatic carbocycles. The second-order valence-electron chi connectivity index (χ2n) is 6.49. The topological polar surface area (TPSA) is 71.0 Å². The fraction of sp³-hybridized carbons (Fsp3) is 0.381. The fourth-order valence-electron chi connectivity index (χ4n) is 2.70. The lowest BCUT2D eigenvalue weighted by atomic mass is 10.2. The van der Waals surface area contributed by atoms with Crippen molar-refractivity contribution in [3.63, 3.8) is 0 Å². The first-order chi connectivity index (χ1) is 13.5. The van der Waals surface area contributed by atoms with Crippen LogP contribution in [0.5, 0.6) is 5.75 Å². The zero-order valence-corrected chi connectivity index (χ0v) is 17.4. The molecule has 0 saturated carbocycles. The van der Waals surface area contributed by atoms with Crippen molar-refractivity contribution in [2.45, 2.75) is 12.2 Å². The Morgan fingerprint density at radius 3 is 2.36 bits per heavy atom. The molecule has 0 heterocycles. The molecule has 1 N–H and O–H groups in total. The van der Waals surface area contributed by atoms with E-state index in [0.717, 1.165) is 17.3 Å². The SMILES string of the molecule is CN=C(NCCCS(=O)(=O)Cc1ccccc1)N(C)CCOc1ccccc1. The second-order valence-corrected chi connectivity index (χ2v) is 8.67. The van der Waals surface area contributed by atoms with E-state index in [1.165, 1.54) is 0 Å². The Morgan fingerprint density at radius 1 is 1.07 bits per heavy atom. The maximum absolute atomic E-state index is 12.2. The highest BCUT2D eigenvalue weighted by atomic mass is 32.2. The Kier molecular flexibility index (Phi) is 8.81. The number of nitrogens with zero attached hydrogens (tertiary/aromatic N) is 2. The van der Waals surface area contributed by atoms with Crippen LogP contribution < -0.4 is 10.1 Å². The number of hydrogen-bond acceptors (Lipinski definition) is 4. The van der Waals surface area contributed by atoms with Gasteiger partial charge < -0.3 is 15.0 Å². The van der Waals surface area contributed by atoms with Gasteiger partial charge in [0.2, 0.25) is 0 Å². The molecule has 0 spiro atoms. The van der Waals surface area contributed by atoms with Crippen LogP contribution in [-0.2, 0) is 15.6 Å². The van der Waals surface area contributed by atoms with E-state index in [2.05, 4.69) is 10.3 Å². The molecule has 152 valence electrons. The van der Waals surface area contributed by atoms with Crippen molar-refractivity contribution >= 4 is 15.8 Å². The molecule has 0 radical (unpaired) electrons. The minimum absolute atomic E-state index is 0.0826. The summed E-state index contributed by atoms with van der Waals surface area (Å²) in [6, 6.07) is 18.9. The van der Waals surface area contributed by atoms with Gasteiger partial charge in [-0.1, -0.05) is 48.5 Å². The summed E-state index contributed by atoms with van der Waals surface area (Å²) in [5.41, 5.74) is 0.824. The maximum atomic E-state index is 12.2. The van der Waals surface area contributed by atoms with Crippen LogP contribution in [0.2, 0.25) is 0 Å². The van der Waals surface area contributed by atoms with Crippen molar-refractivity contribution in [3.05, 3.63) is 66.2 Å². The van der Waals surface area contributed by atoms with Gasteiger partial charge in [0.05, 0.1) is 18.1 Å². The fourth-order valence-corrected chi connectivity index (χ4v) is 4.13. The third-order valence-corrected chi connectivity index (χ3v) is 5.84. The first-order valence-corrected chi connectivity index (χ1v) is 11.2. The van der Waals surface area contributed by atoms with E-state index < -0.39 is 9.84 Å². The molecule has 0 aliphatic rings. The van der Waals surface area contributed by atoms with E-state index in [0.29, 0.717) is 26.1 Å². The molecular formula is C21H29N3O3S. The smallest absolute Gasteiger partial charge is 0.193 e. The first-order valence-electron chi connectivity index (χ1n) is 9.34. The summed E-state index contributed by atoms with van der Waals surface area (Å²) in [7, 11) is 0.520. The Morgan fingerprint density at radius 2 is 1.71 bits per heavy atom. The lowest BCUT2D eigenvalue weighted by Crippen LogP contribution is -2.41. The average molecular weight is 404 g/mol. The van der Waals surface area contributed by atoms with Crippen molar-refractivity contribution in [3.8, 4) is 5.75 Å². The largest absolute Gasteiger partial charge is 0.492 e. The lowest BCUT2D eigenvalue weighted by Gasteiger charge is -2.22. The van der Waals surface area contributed by atoms with Crippen LogP contribution in [0.1, 0.15) is 12.0 Å². The molecule has 0 saturated heterocycles. The van der Waals surface area contributed by atoms with Gasteiger partial charge in [-0.25, -0.2) is 8.42 Å². The molecule has 2 aromatic carbocycles. The summed E-state index contributed by atoms with van der Waals surface area (Å²) < 4.78 is 30.2. The van der Waals surface area contributed by atoms with E-state index in [4.69, 9.17) is 4.74 Å². The number of rotatable bonds is 10. The first kappa shape index (κ1) is 21.8. The van der Waals surface area contributed by atoms with Gasteiger partial charge in [0, 0.05) is 20.6 Å². The number of benzene rings is 2. The molecular weight excluding hydrogens is 374 g/mol. The van der Waals surface area contributed by atoms with Crippen molar-refractivity contribution in [2.24, 2.45) is 4.99 Å². The monoisotopic (exact) mass is 403 g/mol. The number of nitrogens with one attached hydrogen (secondary N) is 1. The summed E-state index contributed by atoms with van der Waals surface area (Å²) in [5, 5.41) is 3.21. The standard InChI is InChI=1S/C21H29N3O3S/c1-22-21(24(2)15-16-27-20-12-7-4-8-13-20)23-14-9-17-28(25,26)18-19-10-5-3-6-11-19/h3-8,10-13H,9,14-18H2,1-2H3,(H,22,23). The van der Waals surface area contributed by atoms with Crippen LogP contribution >= 0.6 is 0 Å². The molecule has 0 amide bonds. The van der Waals surface area contributed by atoms with Gasteiger partial charge in [-0.05, 0) is 24.1 Å². The van der Waals surface area contributed by atoms with Crippen molar-refractivity contribution in [2.75, 3.05) is 39.5 Å². The number of hydrogen-bond donors (Lipinski definition) is 1. The van der Waals surface area contributed by atoms with Crippen molar-refractivity contribution in [1.29, 1.82) is 0 Å². The summed E-state index contributed by atoms with van der Waals surface area (Å²) >= 11 is 0. The quantitative estimate of drug-likeness (QED) is 0.375. The molecule has 2 rings (SSSR count). The van der Waals surface area contributed by atoms with Gasteiger partial charge >= 0.3 is 0 Å². The minimum atomic E-state index is -3.12. The second kappa shape index (κ2) is 11.3. The molecule has 6 nitrogen and oxygen atoms in total. The zero-order chi connectivity index (χ0) is 20.2. The van der Waals surface area contributed by atoms with Gasteiger partial charge in [0.25, 0.3) is 0 Å². The van der Waals surface area contributed by atoms with Gasteiger partial charge in [-0.15, -0.1) is 0 Å². The highest BCUT2D eigenvalue weighted by molar-refractivity contribution is 7.90. The summed E-state index contributed by atoms with van der Waals surface area (Å²) in [6.45, 7) is 1.75. The molecule has 0 atom stereocenters. The van der Waals surface area contributed by atoms with Crippen LogP contribution in [0.15, 0.2) is 65.7 Å². The minimum Gasteiger partial charge on any atom is -0.492 e. The third-order valence-electron chi connectivity index (χ3n) is 4.16. The molecule has 0 fully saturated rings. The van der Waals surface area contributed by atoms with Crippen LogP contribution in [0.4, 0.5) is 0 Å². The molecule has 0 unspecified atom stereocenters. The molecule has 2 aromatic rings. The van der Waals surface area contributed by atoms with E-state index in [-0.39, 0.29) is 11.5 Å². The predicted molar refractivity (Wildman–Crippen MR) is 114 cm³/mol. The van der Waals surface area contributed by atoms with Gasteiger partial charge in [0.15, 0.2) is 15.8 Å². The lowest BCUT2D eigenvalue weighted by molar-refractivity contribution is 0.281. The number of likely N-dealkylation sites (N-methyl/N-ethyl adjacent to an activating group) is 1. The van der Waals surface area contributed by atoms with Crippen molar-refractivity contribution in [1.82, 2.24) is 10.2 Å². The Labute approximate surface area is 168 Å². The number of para-hydroxylation sites is 1. The van der Waals surface area contributed by atoms with E-state index >= 15 is 0 Å². The summed E-state index contributed by atoms with van der Waals surface area (Å²) in [5.74, 6) is 1.78. The summed E-state index contributed by atoms with van der Waals surface area (Å²) in [4.78, 5) is 6.20. The van der Waals surface area contributed by atoms with Crippen LogP contribution in [0.3, 0.4) is 0 Å². The Bertz CT molecular complexity index is 824. The normalized spacial score (nSPS) is 11.9. The van der Waals surface area contributed by atoms with Gasteiger partial charge in [-0.2, -0.15) is 0 Å². The molecule has 28 heavy (non-hydrogen) atoms. The Hall–Kier alpha value is -2.54. The Balaban J connectivity index is 1.68. The number of ether oxygens (including phenoxy) is 1. The average Bonchev–Trinajstić information content (AvgIpc) is 2.69. The molecule has 0 aromatic heterocycles. The maximum Gasteiger partial charge on any atom is 0.193 e. The highest BCUT2D eigenvalue weighted by Gasteiger charge is 2.12. The van der Waals surface area contributed by atoms with Gasteiger partial charge in [0.1, 0.15) is 12.4 Å². The number of aliphatic imine (C=N–C) groups is 1. The predicted octanol–water partition coefficient (Wildman–Crippen LogP) is 2.58. The van der Waals surface area contributed by atoms with Crippen LogP contribution in [0, 0.1) is 0 Å². The molecule has 0 bridgehead atoms.